The molecule has 0 radical (unpaired) electrons. The summed E-state index contributed by atoms with van der Waals surface area (Å²) in [5.41, 5.74) is -3.18. The standard InChI is InChI=1S/C19H26F3NO5.C18H24F3NO5/c1-12(23-17(25)28-18(2,3)4)13-8-6-9-14(19(20,21)22)16(13)27-11-7-10-15(24)26-5;1-11(22-16(25)27-17(2,3)4)12-7-5-8-13(18(19,20)21)15(12)26-10-6-9-14(23)24/h6,8-9,12H,7,10-11H2,1-5H3,(H,23,25);5,7-8,11H,6,9-10H2,1-4H3,(H,22,25)(H,23,24)/t12-;11-/m11/s1. The Kier molecular flexibility index (Phi) is 18.1. The summed E-state index contributed by atoms with van der Waals surface area (Å²) in [4.78, 5) is 45.6. The van der Waals surface area contributed by atoms with Gasteiger partial charge in [0.05, 0.1) is 43.5 Å². The molecule has 0 aliphatic rings. The Hall–Kier alpha value is -4.90. The van der Waals surface area contributed by atoms with E-state index in [1.165, 1.54) is 45.2 Å². The molecule has 0 saturated heterocycles. The molecule has 0 unspecified atom stereocenters. The molecule has 2 aromatic carbocycles. The second kappa shape index (κ2) is 20.7. The molecule has 0 aliphatic heterocycles. The molecule has 2 aromatic rings. The smallest absolute Gasteiger partial charge is 0.419 e. The first-order chi connectivity index (χ1) is 25.2. The maximum absolute atomic E-state index is 13.4. The number of methoxy groups -OCH3 is 1. The van der Waals surface area contributed by atoms with Gasteiger partial charge in [0, 0.05) is 24.0 Å². The topological polar surface area (TPSA) is 159 Å². The van der Waals surface area contributed by atoms with Gasteiger partial charge in [-0.2, -0.15) is 26.3 Å². The van der Waals surface area contributed by atoms with Gasteiger partial charge < -0.3 is 39.4 Å². The molecule has 0 bridgehead atoms. The van der Waals surface area contributed by atoms with Gasteiger partial charge in [0.2, 0.25) is 0 Å². The number of carbonyl (C=O) groups is 4. The highest BCUT2D eigenvalue weighted by atomic mass is 19.4. The van der Waals surface area contributed by atoms with Crippen molar-refractivity contribution in [3.63, 3.8) is 0 Å². The Morgan fingerprint density at radius 2 is 1.02 bits per heavy atom. The molecule has 2 atom stereocenters. The highest BCUT2D eigenvalue weighted by molar-refractivity contribution is 5.70. The lowest BCUT2D eigenvalue weighted by Crippen LogP contribution is -2.34. The minimum absolute atomic E-state index is 0.0196. The summed E-state index contributed by atoms with van der Waals surface area (Å²) in [6, 6.07) is 5.46. The number of alkyl carbamates (subject to hydrolysis) is 2. The number of amides is 2. The van der Waals surface area contributed by atoms with Crippen LogP contribution < -0.4 is 20.1 Å². The molecule has 0 saturated carbocycles. The SMILES string of the molecule is COC(=O)CCCOc1c([C@@H](C)NC(=O)OC(C)(C)C)cccc1C(F)(F)F.C[C@@H](NC(=O)OC(C)(C)C)c1cccc(C(F)(F)F)c1OCCCC(=O)O. The van der Waals surface area contributed by atoms with E-state index in [1.54, 1.807) is 41.5 Å². The van der Waals surface area contributed by atoms with Gasteiger partial charge >= 0.3 is 36.5 Å². The normalized spacial score (nSPS) is 12.9. The van der Waals surface area contributed by atoms with Gasteiger partial charge in [0.1, 0.15) is 22.7 Å². The van der Waals surface area contributed by atoms with Crippen molar-refractivity contribution in [1.29, 1.82) is 0 Å². The number of rotatable bonds is 14. The molecule has 0 aliphatic carbocycles. The van der Waals surface area contributed by atoms with E-state index in [9.17, 15) is 45.5 Å². The molecular formula is C37H50F6N2O10. The quantitative estimate of drug-likeness (QED) is 0.0729. The zero-order valence-corrected chi connectivity index (χ0v) is 32.3. The number of carbonyl (C=O) groups excluding carboxylic acids is 3. The van der Waals surface area contributed by atoms with Crippen molar-refractivity contribution in [2.45, 2.75) is 117 Å². The van der Waals surface area contributed by atoms with Crippen molar-refractivity contribution in [2.24, 2.45) is 0 Å². The lowest BCUT2D eigenvalue weighted by Gasteiger charge is -2.24. The van der Waals surface area contributed by atoms with Gasteiger partial charge in [-0.1, -0.05) is 24.3 Å². The summed E-state index contributed by atoms with van der Waals surface area (Å²) >= 11 is 0. The Labute approximate surface area is 316 Å². The summed E-state index contributed by atoms with van der Waals surface area (Å²) in [5.74, 6) is -2.36. The van der Waals surface area contributed by atoms with E-state index in [0.29, 0.717) is 0 Å². The lowest BCUT2D eigenvalue weighted by molar-refractivity contribution is -0.141. The summed E-state index contributed by atoms with van der Waals surface area (Å²) < 4.78 is 106. The van der Waals surface area contributed by atoms with E-state index in [4.69, 9.17) is 24.1 Å². The van der Waals surface area contributed by atoms with Crippen molar-refractivity contribution in [2.75, 3.05) is 20.3 Å². The number of carboxylic acid groups (broad SMARTS) is 1. The number of nitrogens with one attached hydrogen (secondary N) is 2. The van der Waals surface area contributed by atoms with Crippen LogP contribution >= 0.6 is 0 Å². The van der Waals surface area contributed by atoms with E-state index in [0.717, 1.165) is 12.1 Å². The third kappa shape index (κ3) is 18.3. The van der Waals surface area contributed by atoms with Crippen LogP contribution in [0, 0.1) is 0 Å². The van der Waals surface area contributed by atoms with Crippen LogP contribution in [0.3, 0.4) is 0 Å². The third-order valence-corrected chi connectivity index (χ3v) is 6.88. The van der Waals surface area contributed by atoms with Gasteiger partial charge in [0.15, 0.2) is 0 Å². The first kappa shape index (κ1) is 48.1. The van der Waals surface area contributed by atoms with Crippen LogP contribution in [0.1, 0.15) is 115 Å². The van der Waals surface area contributed by atoms with Crippen LogP contribution in [-0.4, -0.2) is 60.8 Å². The summed E-state index contributed by atoms with van der Waals surface area (Å²) in [6.45, 7) is 12.7. The molecule has 12 nitrogen and oxygen atoms in total. The molecule has 310 valence electrons. The lowest BCUT2D eigenvalue weighted by atomic mass is 10.0. The average Bonchev–Trinajstić information content (AvgIpc) is 3.02. The second-order valence-corrected chi connectivity index (χ2v) is 14.1. The molecular weight excluding hydrogens is 746 g/mol. The zero-order valence-electron chi connectivity index (χ0n) is 32.3. The monoisotopic (exact) mass is 796 g/mol. The number of ether oxygens (including phenoxy) is 5. The molecule has 18 heteroatoms. The van der Waals surface area contributed by atoms with Gasteiger partial charge in [0.25, 0.3) is 0 Å². The first-order valence-corrected chi connectivity index (χ1v) is 17.1. The summed E-state index contributed by atoms with van der Waals surface area (Å²) in [6.07, 6.45) is -10.8. The fourth-order valence-electron chi connectivity index (χ4n) is 4.57. The van der Waals surface area contributed by atoms with Crippen molar-refractivity contribution in [3.8, 4) is 11.5 Å². The number of alkyl halides is 6. The largest absolute Gasteiger partial charge is 0.493 e. The maximum atomic E-state index is 13.4. The van der Waals surface area contributed by atoms with Crippen LogP contribution in [0.5, 0.6) is 11.5 Å². The van der Waals surface area contributed by atoms with Gasteiger partial charge in [-0.05, 0) is 80.4 Å². The fourth-order valence-corrected chi connectivity index (χ4v) is 4.57. The van der Waals surface area contributed by atoms with Crippen molar-refractivity contribution >= 4 is 24.1 Å². The van der Waals surface area contributed by atoms with Crippen LogP contribution in [0.2, 0.25) is 0 Å². The van der Waals surface area contributed by atoms with Crippen LogP contribution in [0.15, 0.2) is 36.4 Å². The van der Waals surface area contributed by atoms with Gasteiger partial charge in [-0.15, -0.1) is 0 Å². The molecule has 3 N–H and O–H groups in total. The second-order valence-electron chi connectivity index (χ2n) is 14.1. The number of hydrogen-bond acceptors (Lipinski definition) is 9. The predicted octanol–water partition coefficient (Wildman–Crippen LogP) is 9.16. The minimum Gasteiger partial charge on any atom is -0.493 e. The highest BCUT2D eigenvalue weighted by Crippen LogP contribution is 2.41. The Bertz CT molecular complexity index is 1580. The van der Waals surface area contributed by atoms with Crippen LogP contribution in [0.25, 0.3) is 0 Å². The molecule has 2 amide bonds. The third-order valence-electron chi connectivity index (χ3n) is 6.88. The number of esters is 1. The zero-order chi connectivity index (χ0) is 42.4. The average molecular weight is 797 g/mol. The van der Waals surface area contributed by atoms with Crippen molar-refractivity contribution in [3.05, 3.63) is 58.7 Å². The number of carboxylic acids is 1. The van der Waals surface area contributed by atoms with Gasteiger partial charge in [-0.3, -0.25) is 9.59 Å². The molecule has 0 aromatic heterocycles. The van der Waals surface area contributed by atoms with E-state index in [2.05, 4.69) is 15.4 Å². The number of halogens is 6. The van der Waals surface area contributed by atoms with Crippen LogP contribution in [0.4, 0.5) is 35.9 Å². The van der Waals surface area contributed by atoms with E-state index in [-0.39, 0.29) is 55.8 Å². The first-order valence-electron chi connectivity index (χ1n) is 17.1. The number of benzene rings is 2. The molecule has 2 rings (SSSR count). The van der Waals surface area contributed by atoms with Gasteiger partial charge in [-0.25, -0.2) is 9.59 Å². The Morgan fingerprint density at radius 1 is 0.655 bits per heavy atom. The fraction of sp³-hybridized carbons (Fsp3) is 0.568. The summed E-state index contributed by atoms with van der Waals surface area (Å²) in [5, 5.41) is 13.6. The molecule has 0 heterocycles. The molecule has 0 fully saturated rings. The van der Waals surface area contributed by atoms with E-state index < -0.39 is 76.6 Å². The number of para-hydroxylation sites is 2. The Balaban J connectivity index is 0.000000550. The van der Waals surface area contributed by atoms with Crippen molar-refractivity contribution in [1.82, 2.24) is 10.6 Å². The van der Waals surface area contributed by atoms with Crippen LogP contribution in [-0.2, 0) is 36.2 Å². The molecule has 0 spiro atoms. The van der Waals surface area contributed by atoms with Crippen molar-refractivity contribution < 1.29 is 74.3 Å². The number of aliphatic carboxylic acids is 1. The number of hydrogen-bond donors (Lipinski definition) is 3. The minimum atomic E-state index is -4.66. The Morgan fingerprint density at radius 3 is 1.33 bits per heavy atom. The van der Waals surface area contributed by atoms with E-state index in [1.807, 2.05) is 0 Å². The predicted molar refractivity (Wildman–Crippen MR) is 188 cm³/mol. The summed E-state index contributed by atoms with van der Waals surface area (Å²) in [7, 11) is 1.23. The molecule has 55 heavy (non-hydrogen) atoms. The highest BCUT2D eigenvalue weighted by Gasteiger charge is 2.37. The maximum Gasteiger partial charge on any atom is 0.419 e. The van der Waals surface area contributed by atoms with E-state index >= 15 is 0 Å².